The van der Waals surface area contributed by atoms with Gasteiger partial charge in [0.15, 0.2) is 0 Å². The van der Waals surface area contributed by atoms with E-state index >= 15 is 0 Å². The summed E-state index contributed by atoms with van der Waals surface area (Å²) in [6, 6.07) is 8.45. The summed E-state index contributed by atoms with van der Waals surface area (Å²) in [5.41, 5.74) is -1.01. The highest BCUT2D eigenvalue weighted by Gasteiger charge is 2.30. The van der Waals surface area contributed by atoms with Crippen molar-refractivity contribution in [3.63, 3.8) is 0 Å². The Morgan fingerprint density at radius 3 is 2.36 bits per heavy atom. The first-order valence-electron chi connectivity index (χ1n) is 8.26. The summed E-state index contributed by atoms with van der Waals surface area (Å²) in [7, 11) is -4.01. The number of halogens is 3. The van der Waals surface area contributed by atoms with Gasteiger partial charge in [-0.3, -0.25) is 4.79 Å². The normalized spacial score (nSPS) is 13.0. The Balaban J connectivity index is 2.07. The second-order valence-electron chi connectivity index (χ2n) is 5.82. The lowest BCUT2D eigenvalue weighted by Gasteiger charge is -2.15. The summed E-state index contributed by atoms with van der Waals surface area (Å²) in [5.74, 6) is -0.300. The second-order valence-corrected chi connectivity index (χ2v) is 7.53. The SMILES string of the molecule is CCOc1ccc(S(=O)(=O)N[C@@H](C)C(=O)Nc2cccc(C(F)(F)F)c2)cc1. The van der Waals surface area contributed by atoms with Crippen LogP contribution in [0, 0.1) is 0 Å². The Morgan fingerprint density at radius 1 is 1.14 bits per heavy atom. The van der Waals surface area contributed by atoms with Crippen molar-refractivity contribution in [2.75, 3.05) is 11.9 Å². The second kappa shape index (κ2) is 8.61. The molecule has 0 unspecified atom stereocenters. The summed E-state index contributed by atoms with van der Waals surface area (Å²) in [5, 5.41) is 2.27. The lowest BCUT2D eigenvalue weighted by Crippen LogP contribution is -2.41. The van der Waals surface area contributed by atoms with Gasteiger partial charge in [-0.25, -0.2) is 8.42 Å². The van der Waals surface area contributed by atoms with Crippen molar-refractivity contribution in [3.8, 4) is 5.75 Å². The van der Waals surface area contributed by atoms with Gasteiger partial charge in [0.1, 0.15) is 5.75 Å². The molecule has 0 spiro atoms. The molecule has 152 valence electrons. The predicted molar refractivity (Wildman–Crippen MR) is 97.5 cm³/mol. The van der Waals surface area contributed by atoms with Gasteiger partial charge in [0.05, 0.1) is 23.1 Å². The third-order valence-electron chi connectivity index (χ3n) is 3.63. The molecule has 0 saturated carbocycles. The van der Waals surface area contributed by atoms with Crippen LogP contribution >= 0.6 is 0 Å². The average Bonchev–Trinajstić information content (AvgIpc) is 2.61. The van der Waals surface area contributed by atoms with Gasteiger partial charge in [0.25, 0.3) is 0 Å². The fraction of sp³-hybridized carbons (Fsp3) is 0.278. The van der Waals surface area contributed by atoms with E-state index in [2.05, 4.69) is 10.0 Å². The fourth-order valence-corrected chi connectivity index (χ4v) is 3.46. The summed E-state index contributed by atoms with van der Waals surface area (Å²) in [4.78, 5) is 12.1. The van der Waals surface area contributed by atoms with Crippen molar-refractivity contribution in [2.45, 2.75) is 31.0 Å². The Bertz CT molecular complexity index is 929. The van der Waals surface area contributed by atoms with E-state index in [0.29, 0.717) is 12.4 Å². The predicted octanol–water partition coefficient (Wildman–Crippen LogP) is 3.41. The lowest BCUT2D eigenvalue weighted by atomic mass is 10.2. The van der Waals surface area contributed by atoms with E-state index in [9.17, 15) is 26.4 Å². The molecule has 10 heteroatoms. The van der Waals surface area contributed by atoms with Crippen LogP contribution in [0.5, 0.6) is 5.75 Å². The molecule has 2 rings (SSSR count). The van der Waals surface area contributed by atoms with E-state index < -0.39 is 33.7 Å². The van der Waals surface area contributed by atoms with Crippen molar-refractivity contribution in [1.29, 1.82) is 0 Å². The lowest BCUT2D eigenvalue weighted by molar-refractivity contribution is -0.137. The molecule has 2 aromatic carbocycles. The maximum Gasteiger partial charge on any atom is 0.416 e. The summed E-state index contributed by atoms with van der Waals surface area (Å²) in [6.07, 6.45) is -4.55. The van der Waals surface area contributed by atoms with E-state index in [4.69, 9.17) is 4.74 Å². The molecule has 0 aliphatic carbocycles. The van der Waals surface area contributed by atoms with Gasteiger partial charge in [0, 0.05) is 5.69 Å². The van der Waals surface area contributed by atoms with Crippen LogP contribution in [-0.4, -0.2) is 27.0 Å². The van der Waals surface area contributed by atoms with Crippen LogP contribution in [0.2, 0.25) is 0 Å². The summed E-state index contributed by atoms with van der Waals surface area (Å²) >= 11 is 0. The van der Waals surface area contributed by atoms with Crippen LogP contribution in [0.15, 0.2) is 53.4 Å². The maximum atomic E-state index is 12.7. The first-order valence-corrected chi connectivity index (χ1v) is 9.74. The minimum Gasteiger partial charge on any atom is -0.494 e. The van der Waals surface area contributed by atoms with Gasteiger partial charge in [0.2, 0.25) is 15.9 Å². The molecule has 0 aliphatic heterocycles. The van der Waals surface area contributed by atoms with Crippen LogP contribution in [0.1, 0.15) is 19.4 Å². The third-order valence-corrected chi connectivity index (χ3v) is 5.18. The molecule has 0 radical (unpaired) electrons. The molecule has 0 fully saturated rings. The highest BCUT2D eigenvalue weighted by molar-refractivity contribution is 7.89. The number of benzene rings is 2. The summed E-state index contributed by atoms with van der Waals surface area (Å²) in [6.45, 7) is 3.50. The molecular formula is C18H19F3N2O4S. The number of hydrogen-bond acceptors (Lipinski definition) is 4. The Hall–Kier alpha value is -2.59. The van der Waals surface area contributed by atoms with Crippen molar-refractivity contribution < 1.29 is 31.1 Å². The standard InChI is InChI=1S/C18H19F3N2O4S/c1-3-27-15-7-9-16(10-8-15)28(25,26)23-12(2)17(24)22-14-6-4-5-13(11-14)18(19,20)21/h4-12,23H,3H2,1-2H3,(H,22,24)/t12-/m0/s1. The quantitative estimate of drug-likeness (QED) is 0.725. The molecule has 2 aromatic rings. The van der Waals surface area contributed by atoms with Crippen molar-refractivity contribution in [2.24, 2.45) is 0 Å². The number of rotatable bonds is 7. The Morgan fingerprint density at radius 2 is 1.79 bits per heavy atom. The van der Waals surface area contributed by atoms with Gasteiger partial charge in [-0.15, -0.1) is 0 Å². The molecule has 28 heavy (non-hydrogen) atoms. The molecule has 1 amide bonds. The summed E-state index contributed by atoms with van der Waals surface area (Å²) < 4.78 is 70.4. The first-order chi connectivity index (χ1) is 13.0. The Labute approximate surface area is 160 Å². The van der Waals surface area contributed by atoms with E-state index in [0.717, 1.165) is 18.2 Å². The van der Waals surface area contributed by atoms with Gasteiger partial charge in [-0.05, 0) is 56.3 Å². The topological polar surface area (TPSA) is 84.5 Å². The van der Waals surface area contributed by atoms with Crippen LogP contribution in [0.25, 0.3) is 0 Å². The van der Waals surface area contributed by atoms with Crippen LogP contribution in [0.3, 0.4) is 0 Å². The average molecular weight is 416 g/mol. The number of nitrogens with one attached hydrogen (secondary N) is 2. The van der Waals surface area contributed by atoms with E-state index in [1.807, 2.05) is 0 Å². The molecule has 6 nitrogen and oxygen atoms in total. The molecule has 0 aliphatic rings. The fourth-order valence-electron chi connectivity index (χ4n) is 2.26. The minimum absolute atomic E-state index is 0.0744. The number of ether oxygens (including phenoxy) is 1. The number of sulfonamides is 1. The Kier molecular flexibility index (Phi) is 6.68. The zero-order valence-electron chi connectivity index (χ0n) is 15.1. The molecule has 2 N–H and O–H groups in total. The van der Waals surface area contributed by atoms with Crippen molar-refractivity contribution in [1.82, 2.24) is 4.72 Å². The zero-order valence-corrected chi connectivity index (χ0v) is 15.9. The van der Waals surface area contributed by atoms with Gasteiger partial charge in [-0.2, -0.15) is 17.9 Å². The maximum absolute atomic E-state index is 12.7. The molecule has 0 saturated heterocycles. The number of amides is 1. The van der Waals surface area contributed by atoms with Crippen molar-refractivity contribution in [3.05, 3.63) is 54.1 Å². The smallest absolute Gasteiger partial charge is 0.416 e. The van der Waals surface area contributed by atoms with E-state index in [-0.39, 0.29) is 10.6 Å². The number of hydrogen-bond donors (Lipinski definition) is 2. The third kappa shape index (κ3) is 5.70. The minimum atomic E-state index is -4.55. The monoisotopic (exact) mass is 416 g/mol. The highest BCUT2D eigenvalue weighted by Crippen LogP contribution is 2.30. The van der Waals surface area contributed by atoms with Gasteiger partial charge >= 0.3 is 6.18 Å². The van der Waals surface area contributed by atoms with Crippen LogP contribution in [0.4, 0.5) is 18.9 Å². The number of carbonyl (C=O) groups is 1. The largest absolute Gasteiger partial charge is 0.494 e. The number of anilines is 1. The van der Waals surface area contributed by atoms with Crippen molar-refractivity contribution >= 4 is 21.6 Å². The van der Waals surface area contributed by atoms with E-state index in [1.54, 1.807) is 6.92 Å². The molecule has 0 heterocycles. The van der Waals surface area contributed by atoms with Crippen LogP contribution < -0.4 is 14.8 Å². The highest BCUT2D eigenvalue weighted by atomic mass is 32.2. The molecule has 1 atom stereocenters. The molecule has 0 aromatic heterocycles. The van der Waals surface area contributed by atoms with Crippen LogP contribution in [-0.2, 0) is 21.0 Å². The number of alkyl halides is 3. The van der Waals surface area contributed by atoms with Gasteiger partial charge in [-0.1, -0.05) is 6.07 Å². The molecule has 0 bridgehead atoms. The number of carbonyl (C=O) groups excluding carboxylic acids is 1. The first kappa shape index (κ1) is 21.7. The zero-order chi connectivity index (χ0) is 20.9. The van der Waals surface area contributed by atoms with E-state index in [1.165, 1.54) is 37.3 Å². The van der Waals surface area contributed by atoms with Gasteiger partial charge < -0.3 is 10.1 Å². The molecular weight excluding hydrogens is 397 g/mol.